The van der Waals surface area contributed by atoms with Crippen LogP contribution in [-0.4, -0.2) is 18.0 Å². The van der Waals surface area contributed by atoms with Crippen molar-refractivity contribution in [1.29, 1.82) is 0 Å². The first-order chi connectivity index (χ1) is 14.2. The summed E-state index contributed by atoms with van der Waals surface area (Å²) < 4.78 is 5.37. The van der Waals surface area contributed by atoms with Gasteiger partial charge in [-0.25, -0.2) is 4.98 Å². The van der Waals surface area contributed by atoms with Crippen LogP contribution >= 0.6 is 0 Å². The Morgan fingerprint density at radius 2 is 1.72 bits per heavy atom. The molecule has 0 aliphatic carbocycles. The Hall–Kier alpha value is -3.66. The van der Waals surface area contributed by atoms with Gasteiger partial charge in [0.2, 0.25) is 0 Å². The van der Waals surface area contributed by atoms with E-state index >= 15 is 0 Å². The minimum absolute atomic E-state index is 0.188. The van der Waals surface area contributed by atoms with Crippen LogP contribution in [0.25, 0.3) is 22.2 Å². The lowest BCUT2D eigenvalue weighted by Crippen LogP contribution is -2.14. The van der Waals surface area contributed by atoms with Crippen LogP contribution < -0.4 is 10.1 Å². The van der Waals surface area contributed by atoms with Crippen LogP contribution in [0.4, 0.5) is 5.69 Å². The summed E-state index contributed by atoms with van der Waals surface area (Å²) in [6.07, 6.45) is 0.893. The molecule has 144 valence electrons. The van der Waals surface area contributed by atoms with Crippen LogP contribution in [0.1, 0.15) is 22.8 Å². The molecule has 4 heteroatoms. The van der Waals surface area contributed by atoms with Crippen LogP contribution in [0.5, 0.6) is 5.75 Å². The summed E-state index contributed by atoms with van der Waals surface area (Å²) in [5, 5.41) is 3.84. The molecule has 0 spiro atoms. The van der Waals surface area contributed by atoms with Gasteiger partial charge in [-0.3, -0.25) is 4.79 Å². The van der Waals surface area contributed by atoms with Gasteiger partial charge in [0.05, 0.1) is 29.6 Å². The van der Waals surface area contributed by atoms with Gasteiger partial charge in [-0.05, 0) is 42.3 Å². The molecule has 4 nitrogen and oxygen atoms in total. The molecule has 1 N–H and O–H groups in total. The van der Waals surface area contributed by atoms with Crippen molar-refractivity contribution in [2.75, 3.05) is 12.4 Å². The smallest absolute Gasteiger partial charge is 0.256 e. The van der Waals surface area contributed by atoms with Gasteiger partial charge >= 0.3 is 0 Å². The number of anilines is 1. The van der Waals surface area contributed by atoms with Gasteiger partial charge in [0.15, 0.2) is 0 Å². The van der Waals surface area contributed by atoms with E-state index in [1.165, 1.54) is 0 Å². The third-order valence-corrected chi connectivity index (χ3v) is 4.95. The predicted molar refractivity (Wildman–Crippen MR) is 118 cm³/mol. The number of aryl methyl sites for hydroxylation is 1. The number of fused-ring (bicyclic) bond motifs is 1. The monoisotopic (exact) mass is 382 g/mol. The number of hydrogen-bond donors (Lipinski definition) is 1. The van der Waals surface area contributed by atoms with Crippen molar-refractivity contribution in [1.82, 2.24) is 4.98 Å². The normalized spacial score (nSPS) is 10.7. The molecule has 1 heterocycles. The highest BCUT2D eigenvalue weighted by Crippen LogP contribution is 2.28. The molecule has 0 atom stereocenters. The number of methoxy groups -OCH3 is 1. The summed E-state index contributed by atoms with van der Waals surface area (Å²) in [4.78, 5) is 18.1. The highest BCUT2D eigenvalue weighted by molar-refractivity contribution is 6.13. The summed E-state index contributed by atoms with van der Waals surface area (Å²) in [5.74, 6) is 0.434. The third kappa shape index (κ3) is 3.83. The second-order valence-corrected chi connectivity index (χ2v) is 6.78. The van der Waals surface area contributed by atoms with E-state index < -0.39 is 0 Å². The predicted octanol–water partition coefficient (Wildman–Crippen LogP) is 5.73. The Morgan fingerprint density at radius 1 is 0.966 bits per heavy atom. The first-order valence-electron chi connectivity index (χ1n) is 9.63. The highest BCUT2D eigenvalue weighted by Gasteiger charge is 2.16. The number of rotatable bonds is 5. The summed E-state index contributed by atoms with van der Waals surface area (Å²) >= 11 is 0. The van der Waals surface area contributed by atoms with E-state index in [0.29, 0.717) is 17.0 Å². The Labute approximate surface area is 170 Å². The van der Waals surface area contributed by atoms with E-state index in [-0.39, 0.29) is 5.91 Å². The first-order valence-corrected chi connectivity index (χ1v) is 9.63. The van der Waals surface area contributed by atoms with Crippen molar-refractivity contribution in [2.24, 2.45) is 0 Å². The van der Waals surface area contributed by atoms with E-state index in [2.05, 4.69) is 18.3 Å². The van der Waals surface area contributed by atoms with Gasteiger partial charge in [-0.1, -0.05) is 55.5 Å². The number of pyridine rings is 1. The van der Waals surface area contributed by atoms with E-state index in [0.717, 1.165) is 34.1 Å². The summed E-state index contributed by atoms with van der Waals surface area (Å²) in [7, 11) is 1.59. The molecule has 0 saturated heterocycles. The van der Waals surface area contributed by atoms with Crippen molar-refractivity contribution in [3.63, 3.8) is 0 Å². The molecule has 1 amide bonds. The van der Waals surface area contributed by atoms with Gasteiger partial charge in [0.1, 0.15) is 5.75 Å². The van der Waals surface area contributed by atoms with Crippen LogP contribution in [0, 0.1) is 0 Å². The maximum Gasteiger partial charge on any atom is 0.256 e. The number of carbonyl (C=O) groups excluding carboxylic acids is 1. The Bertz CT molecular complexity index is 1170. The fourth-order valence-corrected chi connectivity index (χ4v) is 3.38. The van der Waals surface area contributed by atoms with Gasteiger partial charge in [0.25, 0.3) is 5.91 Å². The number of para-hydroxylation sites is 2. The average molecular weight is 382 g/mol. The van der Waals surface area contributed by atoms with Crippen molar-refractivity contribution in [3.05, 3.63) is 90.0 Å². The standard InChI is InChI=1S/C25H22N2O2/c1-3-17-13-14-21-19(15-17)20(16-23(26-21)18-9-5-4-6-10-18)25(28)27-22-11-7-8-12-24(22)29-2/h4-16H,3H2,1-2H3,(H,27,28). The number of ether oxygens (including phenoxy) is 1. The molecule has 3 aromatic carbocycles. The number of hydrogen-bond acceptors (Lipinski definition) is 3. The Kier molecular flexibility index (Phi) is 5.25. The fraction of sp³-hybridized carbons (Fsp3) is 0.120. The fourth-order valence-electron chi connectivity index (χ4n) is 3.38. The molecule has 4 rings (SSSR count). The Morgan fingerprint density at radius 3 is 2.48 bits per heavy atom. The van der Waals surface area contributed by atoms with Crippen LogP contribution in [-0.2, 0) is 6.42 Å². The number of carbonyl (C=O) groups is 1. The number of amides is 1. The quantitative estimate of drug-likeness (QED) is 0.480. The molecule has 4 aromatic rings. The molecule has 1 aromatic heterocycles. The molecule has 0 radical (unpaired) electrons. The molecular formula is C25H22N2O2. The molecule has 0 aliphatic rings. The number of nitrogens with one attached hydrogen (secondary N) is 1. The van der Waals surface area contributed by atoms with Crippen molar-refractivity contribution in [3.8, 4) is 17.0 Å². The Balaban J connectivity index is 1.85. The van der Waals surface area contributed by atoms with Crippen molar-refractivity contribution in [2.45, 2.75) is 13.3 Å². The number of aromatic nitrogens is 1. The average Bonchev–Trinajstić information content (AvgIpc) is 2.78. The van der Waals surface area contributed by atoms with Gasteiger partial charge in [0, 0.05) is 10.9 Å². The topological polar surface area (TPSA) is 51.2 Å². The second-order valence-electron chi connectivity index (χ2n) is 6.78. The zero-order valence-electron chi connectivity index (χ0n) is 16.5. The first kappa shape index (κ1) is 18.7. The van der Waals surface area contributed by atoms with E-state index in [9.17, 15) is 4.79 Å². The lowest BCUT2D eigenvalue weighted by atomic mass is 10.0. The molecule has 0 aliphatic heterocycles. The van der Waals surface area contributed by atoms with Crippen LogP contribution in [0.3, 0.4) is 0 Å². The summed E-state index contributed by atoms with van der Waals surface area (Å²) in [6, 6.07) is 25.3. The van der Waals surface area contributed by atoms with E-state index in [4.69, 9.17) is 9.72 Å². The van der Waals surface area contributed by atoms with E-state index in [1.54, 1.807) is 7.11 Å². The summed E-state index contributed by atoms with van der Waals surface area (Å²) in [5.41, 5.74) is 4.94. The highest BCUT2D eigenvalue weighted by atomic mass is 16.5. The van der Waals surface area contributed by atoms with Crippen molar-refractivity contribution < 1.29 is 9.53 Å². The number of nitrogens with zero attached hydrogens (tertiary/aromatic N) is 1. The van der Waals surface area contributed by atoms with Crippen molar-refractivity contribution >= 4 is 22.5 Å². The van der Waals surface area contributed by atoms with Gasteiger partial charge in [-0.2, -0.15) is 0 Å². The molecular weight excluding hydrogens is 360 g/mol. The minimum atomic E-state index is -0.188. The van der Waals surface area contributed by atoms with Crippen LogP contribution in [0.2, 0.25) is 0 Å². The maximum atomic E-state index is 13.3. The SMILES string of the molecule is CCc1ccc2nc(-c3ccccc3)cc(C(=O)Nc3ccccc3OC)c2c1. The van der Waals surface area contributed by atoms with Gasteiger partial charge < -0.3 is 10.1 Å². The lowest BCUT2D eigenvalue weighted by molar-refractivity contribution is 0.102. The molecule has 29 heavy (non-hydrogen) atoms. The second kappa shape index (κ2) is 8.15. The maximum absolute atomic E-state index is 13.3. The van der Waals surface area contributed by atoms with E-state index in [1.807, 2.05) is 72.8 Å². The lowest BCUT2D eigenvalue weighted by Gasteiger charge is -2.13. The molecule has 0 bridgehead atoms. The largest absolute Gasteiger partial charge is 0.495 e. The molecule has 0 saturated carbocycles. The third-order valence-electron chi connectivity index (χ3n) is 4.95. The minimum Gasteiger partial charge on any atom is -0.495 e. The molecule has 0 unspecified atom stereocenters. The number of benzene rings is 3. The van der Waals surface area contributed by atoms with Crippen LogP contribution in [0.15, 0.2) is 78.9 Å². The summed E-state index contributed by atoms with van der Waals surface area (Å²) in [6.45, 7) is 2.10. The molecule has 0 fully saturated rings. The van der Waals surface area contributed by atoms with Gasteiger partial charge in [-0.15, -0.1) is 0 Å². The zero-order chi connectivity index (χ0) is 20.2. The zero-order valence-corrected chi connectivity index (χ0v) is 16.5.